The van der Waals surface area contributed by atoms with Gasteiger partial charge >= 0.3 is 0 Å². The molecule has 0 amide bonds. The molecule has 1 saturated heterocycles. The molecule has 1 N–H and O–H groups in total. The lowest BCUT2D eigenvalue weighted by molar-refractivity contribution is 0.0758. The van der Waals surface area contributed by atoms with Crippen LogP contribution in [0.25, 0.3) is 0 Å². The zero-order valence-electron chi connectivity index (χ0n) is 11.1. The summed E-state index contributed by atoms with van der Waals surface area (Å²) < 4.78 is 10.6. The Morgan fingerprint density at radius 1 is 1.39 bits per heavy atom. The molecule has 2 rings (SSSR count). The van der Waals surface area contributed by atoms with E-state index in [1.54, 1.807) is 7.11 Å². The summed E-state index contributed by atoms with van der Waals surface area (Å²) in [6.07, 6.45) is 2.72. The van der Waals surface area contributed by atoms with Gasteiger partial charge in [-0.25, -0.2) is 0 Å². The molecule has 0 radical (unpaired) electrons. The predicted octanol–water partition coefficient (Wildman–Crippen LogP) is 2.41. The second-order valence-electron chi connectivity index (χ2n) is 5.09. The van der Waals surface area contributed by atoms with Crippen LogP contribution in [-0.4, -0.2) is 31.0 Å². The fourth-order valence-corrected chi connectivity index (χ4v) is 2.46. The van der Waals surface area contributed by atoms with Gasteiger partial charge in [-0.3, -0.25) is 0 Å². The van der Waals surface area contributed by atoms with Crippen LogP contribution in [-0.2, 0) is 11.2 Å². The van der Waals surface area contributed by atoms with Crippen LogP contribution in [0.5, 0.6) is 5.75 Å². The van der Waals surface area contributed by atoms with Gasteiger partial charge in [0.1, 0.15) is 5.75 Å². The first-order valence-corrected chi connectivity index (χ1v) is 6.61. The summed E-state index contributed by atoms with van der Waals surface area (Å²) in [6, 6.07) is 8.03. The Morgan fingerprint density at radius 2 is 2.11 bits per heavy atom. The number of aliphatic hydroxyl groups excluding tert-OH is 1. The quantitative estimate of drug-likeness (QED) is 0.872. The van der Waals surface area contributed by atoms with Gasteiger partial charge in [-0.1, -0.05) is 12.1 Å². The Hall–Kier alpha value is -1.06. The first kappa shape index (κ1) is 13.4. The van der Waals surface area contributed by atoms with E-state index in [1.165, 1.54) is 5.56 Å². The molecule has 100 valence electrons. The minimum absolute atomic E-state index is 0.253. The summed E-state index contributed by atoms with van der Waals surface area (Å²) in [6.45, 7) is 2.77. The molecule has 3 heteroatoms. The number of benzene rings is 1. The van der Waals surface area contributed by atoms with E-state index < -0.39 is 0 Å². The molecule has 0 spiro atoms. The second-order valence-corrected chi connectivity index (χ2v) is 5.09. The van der Waals surface area contributed by atoms with Gasteiger partial charge in [0.25, 0.3) is 0 Å². The number of methoxy groups -OCH3 is 1. The number of rotatable bonds is 5. The minimum atomic E-state index is -0.253. The lowest BCUT2D eigenvalue weighted by atomic mass is 9.94. The number of aryl methyl sites for hydroxylation is 1. The Morgan fingerprint density at radius 3 is 2.67 bits per heavy atom. The topological polar surface area (TPSA) is 38.7 Å². The smallest absolute Gasteiger partial charge is 0.118 e. The fraction of sp³-hybridized carbons (Fsp3) is 0.600. The molecule has 3 nitrogen and oxygen atoms in total. The van der Waals surface area contributed by atoms with E-state index >= 15 is 0 Å². The van der Waals surface area contributed by atoms with Crippen LogP contribution in [0.2, 0.25) is 0 Å². The SMILES string of the molecule is COc1ccc(CCC(O)C2COC(C)C2)cc1. The van der Waals surface area contributed by atoms with Crippen molar-refractivity contribution < 1.29 is 14.6 Å². The van der Waals surface area contributed by atoms with Crippen molar-refractivity contribution in [3.63, 3.8) is 0 Å². The van der Waals surface area contributed by atoms with E-state index in [2.05, 4.69) is 19.1 Å². The molecule has 18 heavy (non-hydrogen) atoms. The van der Waals surface area contributed by atoms with Crippen LogP contribution in [0.15, 0.2) is 24.3 Å². The first-order chi connectivity index (χ1) is 8.69. The normalized spacial score (nSPS) is 25.1. The van der Waals surface area contributed by atoms with Crippen LogP contribution >= 0.6 is 0 Å². The highest BCUT2D eigenvalue weighted by atomic mass is 16.5. The molecule has 3 atom stereocenters. The summed E-state index contributed by atoms with van der Waals surface area (Å²) in [5.41, 5.74) is 1.24. The van der Waals surface area contributed by atoms with E-state index in [0.717, 1.165) is 25.0 Å². The van der Waals surface area contributed by atoms with Crippen LogP contribution in [0, 0.1) is 5.92 Å². The summed E-state index contributed by atoms with van der Waals surface area (Å²) in [7, 11) is 1.67. The minimum Gasteiger partial charge on any atom is -0.497 e. The average molecular weight is 250 g/mol. The van der Waals surface area contributed by atoms with E-state index in [9.17, 15) is 5.11 Å². The largest absolute Gasteiger partial charge is 0.497 e. The lowest BCUT2D eigenvalue weighted by Crippen LogP contribution is -2.21. The number of hydrogen-bond acceptors (Lipinski definition) is 3. The molecule has 3 unspecified atom stereocenters. The standard InChI is InChI=1S/C15H22O3/c1-11-9-13(10-18-11)15(16)8-5-12-3-6-14(17-2)7-4-12/h3-4,6-7,11,13,15-16H,5,8-10H2,1-2H3. The molecular weight excluding hydrogens is 228 g/mol. The van der Waals surface area contributed by atoms with Gasteiger partial charge in [0.05, 0.1) is 25.9 Å². The molecule has 1 aromatic rings. The van der Waals surface area contributed by atoms with Crippen LogP contribution in [0.3, 0.4) is 0 Å². The van der Waals surface area contributed by atoms with Crippen molar-refractivity contribution in [2.45, 2.75) is 38.4 Å². The molecule has 0 aromatic heterocycles. The van der Waals surface area contributed by atoms with Crippen molar-refractivity contribution in [3.8, 4) is 5.75 Å². The summed E-state index contributed by atoms with van der Waals surface area (Å²) in [4.78, 5) is 0. The molecule has 0 saturated carbocycles. The molecule has 1 aliphatic rings. The monoisotopic (exact) mass is 250 g/mol. The van der Waals surface area contributed by atoms with Gasteiger partial charge in [-0.2, -0.15) is 0 Å². The fourth-order valence-electron chi connectivity index (χ4n) is 2.46. The van der Waals surface area contributed by atoms with Gasteiger partial charge in [0.15, 0.2) is 0 Å². The maximum Gasteiger partial charge on any atom is 0.118 e. The number of hydrogen-bond donors (Lipinski definition) is 1. The van der Waals surface area contributed by atoms with Crippen molar-refractivity contribution in [2.24, 2.45) is 5.92 Å². The number of ether oxygens (including phenoxy) is 2. The number of aliphatic hydroxyl groups is 1. The highest BCUT2D eigenvalue weighted by molar-refractivity contribution is 5.27. The van der Waals surface area contributed by atoms with Crippen LogP contribution < -0.4 is 4.74 Å². The third-order valence-electron chi connectivity index (χ3n) is 3.66. The van der Waals surface area contributed by atoms with Crippen LogP contribution in [0.1, 0.15) is 25.3 Å². The lowest BCUT2D eigenvalue weighted by Gasteiger charge is -2.16. The van der Waals surface area contributed by atoms with E-state index in [-0.39, 0.29) is 6.10 Å². The molecule has 0 aliphatic carbocycles. The summed E-state index contributed by atoms with van der Waals surface area (Å²) >= 11 is 0. The third-order valence-corrected chi connectivity index (χ3v) is 3.66. The molecule has 1 heterocycles. The van der Waals surface area contributed by atoms with Crippen molar-refractivity contribution >= 4 is 0 Å². The van der Waals surface area contributed by atoms with Crippen molar-refractivity contribution in [1.29, 1.82) is 0 Å². The maximum absolute atomic E-state index is 10.1. The van der Waals surface area contributed by atoms with Gasteiger partial charge in [-0.05, 0) is 43.9 Å². The van der Waals surface area contributed by atoms with Gasteiger partial charge < -0.3 is 14.6 Å². The Labute approximate surface area is 109 Å². The molecule has 1 fully saturated rings. The van der Waals surface area contributed by atoms with Crippen molar-refractivity contribution in [2.75, 3.05) is 13.7 Å². The molecular formula is C15H22O3. The molecule has 1 aliphatic heterocycles. The summed E-state index contributed by atoms with van der Waals surface area (Å²) in [5, 5.41) is 10.1. The second kappa shape index (κ2) is 6.21. The predicted molar refractivity (Wildman–Crippen MR) is 70.8 cm³/mol. The van der Waals surface area contributed by atoms with Gasteiger partial charge in [0, 0.05) is 5.92 Å². The average Bonchev–Trinajstić information content (AvgIpc) is 2.83. The van der Waals surface area contributed by atoms with E-state index in [1.807, 2.05) is 12.1 Å². The van der Waals surface area contributed by atoms with Gasteiger partial charge in [-0.15, -0.1) is 0 Å². The Bertz CT molecular complexity index is 361. The zero-order valence-corrected chi connectivity index (χ0v) is 11.1. The Kier molecular flexibility index (Phi) is 4.61. The van der Waals surface area contributed by atoms with Crippen LogP contribution in [0.4, 0.5) is 0 Å². The Balaban J connectivity index is 1.79. The zero-order chi connectivity index (χ0) is 13.0. The van der Waals surface area contributed by atoms with E-state index in [4.69, 9.17) is 9.47 Å². The molecule has 0 bridgehead atoms. The van der Waals surface area contributed by atoms with E-state index in [0.29, 0.717) is 18.6 Å². The molecule has 1 aromatic carbocycles. The summed E-state index contributed by atoms with van der Waals surface area (Å²) in [5.74, 6) is 1.18. The van der Waals surface area contributed by atoms with Crippen molar-refractivity contribution in [3.05, 3.63) is 29.8 Å². The van der Waals surface area contributed by atoms with Gasteiger partial charge in [0.2, 0.25) is 0 Å². The maximum atomic E-state index is 10.1. The van der Waals surface area contributed by atoms with Crippen molar-refractivity contribution in [1.82, 2.24) is 0 Å². The highest BCUT2D eigenvalue weighted by Gasteiger charge is 2.27. The third kappa shape index (κ3) is 3.47. The first-order valence-electron chi connectivity index (χ1n) is 6.61. The highest BCUT2D eigenvalue weighted by Crippen LogP contribution is 2.25.